The van der Waals surface area contributed by atoms with Crippen LogP contribution in [-0.2, 0) is 4.79 Å². The minimum absolute atomic E-state index is 0.104. The molecule has 2 N–H and O–H groups in total. The van der Waals surface area contributed by atoms with Crippen molar-refractivity contribution < 1.29 is 9.53 Å². The lowest BCUT2D eigenvalue weighted by Crippen LogP contribution is -2.41. The van der Waals surface area contributed by atoms with Crippen LogP contribution in [0.2, 0.25) is 0 Å². The Morgan fingerprint density at radius 1 is 1.00 bits per heavy atom. The number of carbonyl (C=O) groups excluding carboxylic acids is 1. The molecule has 8 heteroatoms. The first-order chi connectivity index (χ1) is 16.1. The molecule has 33 heavy (non-hydrogen) atoms. The van der Waals surface area contributed by atoms with Crippen LogP contribution in [0.25, 0.3) is 11.4 Å². The van der Waals surface area contributed by atoms with Crippen LogP contribution >= 0.6 is 11.8 Å². The van der Waals surface area contributed by atoms with Crippen molar-refractivity contribution in [2.24, 2.45) is 0 Å². The van der Waals surface area contributed by atoms with Crippen molar-refractivity contribution in [3.05, 3.63) is 90.0 Å². The Hall–Kier alpha value is -3.78. The van der Waals surface area contributed by atoms with Gasteiger partial charge in [-0.05, 0) is 36.8 Å². The van der Waals surface area contributed by atoms with Gasteiger partial charge in [-0.2, -0.15) is 0 Å². The monoisotopic (exact) mass is 457 g/mol. The van der Waals surface area contributed by atoms with E-state index in [2.05, 4.69) is 20.9 Å². The first kappa shape index (κ1) is 21.1. The zero-order valence-corrected chi connectivity index (χ0v) is 19.0. The third-order valence-electron chi connectivity index (χ3n) is 5.52. The molecule has 0 saturated heterocycles. The van der Waals surface area contributed by atoms with Crippen molar-refractivity contribution in [3.8, 4) is 17.1 Å². The molecule has 1 aliphatic rings. The minimum Gasteiger partial charge on any atom is -0.497 e. The normalized spacial score (nSPS) is 17.0. The Morgan fingerprint density at radius 2 is 1.73 bits per heavy atom. The van der Waals surface area contributed by atoms with Crippen LogP contribution < -0.4 is 15.5 Å². The van der Waals surface area contributed by atoms with Gasteiger partial charge in [0.2, 0.25) is 11.1 Å². The average molecular weight is 458 g/mol. The van der Waals surface area contributed by atoms with Gasteiger partial charge in [0.1, 0.15) is 11.0 Å². The molecule has 2 atom stereocenters. The molecule has 0 saturated carbocycles. The van der Waals surface area contributed by atoms with Crippen LogP contribution in [0.4, 0.5) is 5.69 Å². The van der Waals surface area contributed by atoms with Gasteiger partial charge in [0.15, 0.2) is 5.82 Å². The molecule has 0 bridgehead atoms. The molecule has 1 amide bonds. The second kappa shape index (κ2) is 8.99. The molecule has 2 unspecified atom stereocenters. The van der Waals surface area contributed by atoms with Gasteiger partial charge >= 0.3 is 0 Å². The molecule has 0 aliphatic carbocycles. The van der Waals surface area contributed by atoms with Gasteiger partial charge in [0.05, 0.1) is 13.2 Å². The third kappa shape index (κ3) is 4.29. The Labute approximate surface area is 196 Å². The summed E-state index contributed by atoms with van der Waals surface area (Å²) in [5, 5.41) is 12.0. The molecular formula is C25H23N5O2S. The largest absolute Gasteiger partial charge is 0.497 e. The fraction of sp³-hybridized carbons (Fsp3) is 0.160. The van der Waals surface area contributed by atoms with Gasteiger partial charge in [-0.25, -0.2) is 4.68 Å². The molecule has 1 aromatic heterocycles. The van der Waals surface area contributed by atoms with E-state index in [0.29, 0.717) is 11.0 Å². The maximum absolute atomic E-state index is 13.4. The molecule has 2 heterocycles. The number of thioether (sulfide) groups is 1. The number of methoxy groups -OCH3 is 1. The molecule has 5 rings (SSSR count). The summed E-state index contributed by atoms with van der Waals surface area (Å²) in [5.74, 6) is 1.36. The first-order valence-corrected chi connectivity index (χ1v) is 11.5. The summed E-state index contributed by atoms with van der Waals surface area (Å²) >= 11 is 1.40. The SMILES string of the molecule is COc1ccc(C2Nn3c(nnc3-c3ccccc3)SC2C(=O)Nc2ccc(C)cc2)cc1. The highest BCUT2D eigenvalue weighted by molar-refractivity contribution is 8.00. The van der Waals surface area contributed by atoms with Crippen LogP contribution in [-0.4, -0.2) is 33.1 Å². The second-order valence-corrected chi connectivity index (χ2v) is 8.89. The standard InChI is InChI=1S/C25H23N5O2S/c1-16-8-12-19(13-9-16)26-24(31)22-21(17-10-14-20(32-2)15-11-17)29-30-23(27-28-25(30)33-22)18-6-4-3-5-7-18/h3-15,21-22,29H,1-2H3,(H,26,31). The summed E-state index contributed by atoms with van der Waals surface area (Å²) in [6.45, 7) is 2.02. The highest BCUT2D eigenvalue weighted by atomic mass is 32.2. The number of fused-ring (bicyclic) bond motifs is 1. The van der Waals surface area contributed by atoms with E-state index in [1.165, 1.54) is 11.8 Å². The fourth-order valence-electron chi connectivity index (χ4n) is 3.74. The molecule has 4 aromatic rings. The molecule has 7 nitrogen and oxygen atoms in total. The van der Waals surface area contributed by atoms with E-state index >= 15 is 0 Å². The van der Waals surface area contributed by atoms with Gasteiger partial charge < -0.3 is 15.5 Å². The van der Waals surface area contributed by atoms with E-state index in [0.717, 1.165) is 28.1 Å². The van der Waals surface area contributed by atoms with Gasteiger partial charge in [-0.1, -0.05) is 71.9 Å². The summed E-state index contributed by atoms with van der Waals surface area (Å²) in [4.78, 5) is 13.4. The molecule has 166 valence electrons. The lowest BCUT2D eigenvalue weighted by Gasteiger charge is -2.33. The highest BCUT2D eigenvalue weighted by Gasteiger charge is 2.38. The van der Waals surface area contributed by atoms with Crippen LogP contribution in [0.15, 0.2) is 84.0 Å². The smallest absolute Gasteiger partial charge is 0.240 e. The topological polar surface area (TPSA) is 81.1 Å². The number of hydrogen-bond donors (Lipinski definition) is 2. The van der Waals surface area contributed by atoms with Gasteiger partial charge in [0, 0.05) is 11.3 Å². The predicted molar refractivity (Wildman–Crippen MR) is 130 cm³/mol. The van der Waals surface area contributed by atoms with Crippen molar-refractivity contribution in [3.63, 3.8) is 0 Å². The van der Waals surface area contributed by atoms with Crippen molar-refractivity contribution in [1.82, 2.24) is 14.9 Å². The van der Waals surface area contributed by atoms with Crippen molar-refractivity contribution in [2.75, 3.05) is 17.9 Å². The lowest BCUT2D eigenvalue weighted by molar-refractivity contribution is -0.116. The first-order valence-electron chi connectivity index (χ1n) is 10.6. The Morgan fingerprint density at radius 3 is 2.42 bits per heavy atom. The predicted octanol–water partition coefficient (Wildman–Crippen LogP) is 4.66. The maximum Gasteiger partial charge on any atom is 0.240 e. The van der Waals surface area contributed by atoms with E-state index in [1.807, 2.05) is 90.5 Å². The number of carbonyl (C=O) groups is 1. The summed E-state index contributed by atoms with van der Waals surface area (Å²) in [5.41, 5.74) is 7.30. The van der Waals surface area contributed by atoms with Crippen LogP contribution in [0.1, 0.15) is 17.2 Å². The fourth-order valence-corrected chi connectivity index (χ4v) is 4.82. The minimum atomic E-state index is -0.458. The highest BCUT2D eigenvalue weighted by Crippen LogP contribution is 2.39. The molecular weight excluding hydrogens is 434 g/mol. The summed E-state index contributed by atoms with van der Waals surface area (Å²) < 4.78 is 7.18. The van der Waals surface area contributed by atoms with Crippen LogP contribution in [0, 0.1) is 6.92 Å². The van der Waals surface area contributed by atoms with E-state index < -0.39 is 5.25 Å². The van der Waals surface area contributed by atoms with E-state index in [-0.39, 0.29) is 11.9 Å². The van der Waals surface area contributed by atoms with E-state index in [1.54, 1.807) is 7.11 Å². The molecule has 0 fully saturated rings. The van der Waals surface area contributed by atoms with E-state index in [4.69, 9.17) is 4.74 Å². The van der Waals surface area contributed by atoms with Gasteiger partial charge in [-0.3, -0.25) is 4.79 Å². The number of rotatable bonds is 5. The van der Waals surface area contributed by atoms with Crippen molar-refractivity contribution >= 4 is 23.4 Å². The summed E-state index contributed by atoms with van der Waals surface area (Å²) in [6.07, 6.45) is 0. The van der Waals surface area contributed by atoms with E-state index in [9.17, 15) is 4.79 Å². The number of aromatic nitrogens is 3. The zero-order chi connectivity index (χ0) is 22.8. The maximum atomic E-state index is 13.4. The zero-order valence-electron chi connectivity index (χ0n) is 18.2. The molecule has 3 aromatic carbocycles. The quantitative estimate of drug-likeness (QED) is 0.454. The Bertz CT molecular complexity index is 1260. The van der Waals surface area contributed by atoms with Gasteiger partial charge in [0.25, 0.3) is 0 Å². The lowest BCUT2D eigenvalue weighted by atomic mass is 10.0. The molecule has 1 aliphatic heterocycles. The van der Waals surface area contributed by atoms with Crippen LogP contribution in [0.5, 0.6) is 5.75 Å². The molecule has 0 spiro atoms. The summed E-state index contributed by atoms with van der Waals surface area (Å²) in [6, 6.07) is 25.1. The summed E-state index contributed by atoms with van der Waals surface area (Å²) in [7, 11) is 1.64. The van der Waals surface area contributed by atoms with Gasteiger partial charge in [-0.15, -0.1) is 10.2 Å². The van der Waals surface area contributed by atoms with Crippen LogP contribution in [0.3, 0.4) is 0 Å². The van der Waals surface area contributed by atoms with Crippen molar-refractivity contribution in [1.29, 1.82) is 0 Å². The number of nitrogens with one attached hydrogen (secondary N) is 2. The third-order valence-corrected chi connectivity index (χ3v) is 6.74. The number of aryl methyl sites for hydroxylation is 1. The Balaban J connectivity index is 1.50. The number of anilines is 1. The Kier molecular flexibility index (Phi) is 5.75. The molecule has 0 radical (unpaired) electrons. The second-order valence-electron chi connectivity index (χ2n) is 7.78. The number of benzene rings is 3. The van der Waals surface area contributed by atoms with Crippen molar-refractivity contribution in [2.45, 2.75) is 23.4 Å². The number of amides is 1. The number of ether oxygens (including phenoxy) is 1. The number of nitrogens with zero attached hydrogens (tertiary/aromatic N) is 3. The average Bonchev–Trinajstić information content (AvgIpc) is 3.28. The number of hydrogen-bond acceptors (Lipinski definition) is 6.